The van der Waals surface area contributed by atoms with Gasteiger partial charge in [0.1, 0.15) is 0 Å². The molecule has 0 bridgehead atoms. The lowest BCUT2D eigenvalue weighted by Crippen LogP contribution is -1.71. The normalized spacial score (nSPS) is 10.8. The Balaban J connectivity index is 2.58. The molecule has 0 fully saturated rings. The fourth-order valence-corrected chi connectivity index (χ4v) is 1.14. The summed E-state index contributed by atoms with van der Waals surface area (Å²) in [5.41, 5.74) is 1.18. The zero-order valence-corrected chi connectivity index (χ0v) is 8.35. The third-order valence-corrected chi connectivity index (χ3v) is 1.99. The van der Waals surface area contributed by atoms with E-state index in [1.165, 1.54) is 5.56 Å². The molecule has 0 atom stereocenters. The minimum Gasteiger partial charge on any atom is -0.179 e. The highest BCUT2D eigenvalue weighted by Crippen LogP contribution is 2.10. The molecule has 0 aliphatic carbocycles. The van der Waals surface area contributed by atoms with Crippen molar-refractivity contribution in [2.24, 2.45) is 0 Å². The van der Waals surface area contributed by atoms with E-state index in [-0.39, 0.29) is 0 Å². The van der Waals surface area contributed by atoms with Crippen molar-refractivity contribution in [2.45, 2.75) is 6.42 Å². The lowest BCUT2D eigenvalue weighted by atomic mass is 10.2. The van der Waals surface area contributed by atoms with Gasteiger partial charge in [-0.3, -0.25) is 0 Å². The highest BCUT2D eigenvalue weighted by atomic mass is 35.5. The molecule has 1 rings (SSSR count). The van der Waals surface area contributed by atoms with Gasteiger partial charge in [0.25, 0.3) is 0 Å². The van der Waals surface area contributed by atoms with E-state index in [0.29, 0.717) is 0 Å². The average Bonchev–Trinajstić information content (AvgIpc) is 2.09. The monoisotopic (exact) mass is 198 g/mol. The number of halogens is 1. The van der Waals surface area contributed by atoms with Crippen molar-refractivity contribution in [1.29, 1.82) is 0 Å². The van der Waals surface area contributed by atoms with E-state index in [1.54, 1.807) is 0 Å². The van der Waals surface area contributed by atoms with Gasteiger partial charge in [0.2, 0.25) is 0 Å². The molecule has 0 saturated heterocycles. The quantitative estimate of drug-likeness (QED) is 0.704. The number of hydrogen-bond donors (Lipinski definition) is 1. The first-order valence-electron chi connectivity index (χ1n) is 3.86. The van der Waals surface area contributed by atoms with Gasteiger partial charge in [0.15, 0.2) is 0 Å². The second kappa shape index (κ2) is 5.28. The van der Waals surface area contributed by atoms with Crippen LogP contribution in [0.3, 0.4) is 0 Å². The Morgan fingerprint density at radius 1 is 1.25 bits per heavy atom. The van der Waals surface area contributed by atoms with Crippen LogP contribution in [0.4, 0.5) is 0 Å². The Kier molecular flexibility index (Phi) is 4.26. The molecule has 12 heavy (non-hydrogen) atoms. The van der Waals surface area contributed by atoms with Gasteiger partial charge in [-0.05, 0) is 29.9 Å². The molecule has 0 heterocycles. The Bertz CT molecular complexity index is 251. The summed E-state index contributed by atoms with van der Waals surface area (Å²) in [6.45, 7) is 0. The molecule has 0 N–H and O–H groups in total. The SMILES string of the molecule is SCCC=Cc1ccc(Cl)cc1. The topological polar surface area (TPSA) is 0 Å². The van der Waals surface area contributed by atoms with Crippen molar-refractivity contribution >= 4 is 30.3 Å². The maximum Gasteiger partial charge on any atom is 0.0406 e. The molecule has 64 valence electrons. The largest absolute Gasteiger partial charge is 0.179 e. The van der Waals surface area contributed by atoms with Crippen molar-refractivity contribution < 1.29 is 0 Å². The molecule has 0 aliphatic rings. The van der Waals surface area contributed by atoms with E-state index < -0.39 is 0 Å². The fraction of sp³-hybridized carbons (Fsp3) is 0.200. The van der Waals surface area contributed by atoms with Gasteiger partial charge in [-0.25, -0.2) is 0 Å². The van der Waals surface area contributed by atoms with Crippen LogP contribution >= 0.6 is 24.2 Å². The van der Waals surface area contributed by atoms with Gasteiger partial charge in [-0.15, -0.1) is 0 Å². The second-order valence-electron chi connectivity index (χ2n) is 2.47. The van der Waals surface area contributed by atoms with Crippen molar-refractivity contribution in [1.82, 2.24) is 0 Å². The molecule has 0 aliphatic heterocycles. The van der Waals surface area contributed by atoms with Crippen LogP contribution in [0.15, 0.2) is 30.3 Å². The van der Waals surface area contributed by atoms with Crippen LogP contribution < -0.4 is 0 Å². The van der Waals surface area contributed by atoms with Gasteiger partial charge < -0.3 is 0 Å². The van der Waals surface area contributed by atoms with Gasteiger partial charge >= 0.3 is 0 Å². The smallest absolute Gasteiger partial charge is 0.0406 e. The summed E-state index contributed by atoms with van der Waals surface area (Å²) in [4.78, 5) is 0. The van der Waals surface area contributed by atoms with Crippen LogP contribution in [0.5, 0.6) is 0 Å². The van der Waals surface area contributed by atoms with Crippen LogP contribution in [-0.4, -0.2) is 5.75 Å². The minimum absolute atomic E-state index is 0.779. The number of rotatable bonds is 3. The van der Waals surface area contributed by atoms with Crippen molar-refractivity contribution in [3.05, 3.63) is 40.9 Å². The number of benzene rings is 1. The lowest BCUT2D eigenvalue weighted by molar-refractivity contribution is 1.26. The van der Waals surface area contributed by atoms with Gasteiger partial charge in [-0.2, -0.15) is 12.6 Å². The first-order chi connectivity index (χ1) is 5.83. The third kappa shape index (κ3) is 3.33. The first kappa shape index (κ1) is 9.69. The molecule has 0 saturated carbocycles. The summed E-state index contributed by atoms with van der Waals surface area (Å²) in [5.74, 6) is 0.893. The molecule has 0 unspecified atom stereocenters. The highest BCUT2D eigenvalue weighted by Gasteiger charge is 1.86. The van der Waals surface area contributed by atoms with Crippen LogP contribution in [0.2, 0.25) is 5.02 Å². The second-order valence-corrected chi connectivity index (χ2v) is 3.35. The molecule has 0 nitrogen and oxygen atoms in total. The van der Waals surface area contributed by atoms with Crippen molar-refractivity contribution in [3.8, 4) is 0 Å². The van der Waals surface area contributed by atoms with E-state index in [0.717, 1.165) is 17.2 Å². The first-order valence-corrected chi connectivity index (χ1v) is 4.87. The molecule has 0 radical (unpaired) electrons. The number of hydrogen-bond acceptors (Lipinski definition) is 1. The average molecular weight is 199 g/mol. The van der Waals surface area contributed by atoms with Gasteiger partial charge in [0.05, 0.1) is 0 Å². The minimum atomic E-state index is 0.779. The predicted octanol–water partition coefficient (Wildman–Crippen LogP) is 3.67. The summed E-state index contributed by atoms with van der Waals surface area (Å²) in [7, 11) is 0. The molecule has 0 spiro atoms. The molecule has 1 aromatic rings. The van der Waals surface area contributed by atoms with Crippen molar-refractivity contribution in [3.63, 3.8) is 0 Å². The summed E-state index contributed by atoms with van der Waals surface area (Å²) >= 11 is 9.85. The maximum absolute atomic E-state index is 5.74. The van der Waals surface area contributed by atoms with Crippen molar-refractivity contribution in [2.75, 3.05) is 5.75 Å². The Labute approximate surface area is 83.7 Å². The molecule has 0 aromatic heterocycles. The van der Waals surface area contributed by atoms with Gasteiger partial charge in [-0.1, -0.05) is 35.9 Å². The summed E-state index contributed by atoms with van der Waals surface area (Å²) in [6, 6.07) is 7.78. The fourth-order valence-electron chi connectivity index (χ4n) is 0.868. The Morgan fingerprint density at radius 2 is 1.92 bits per heavy atom. The molecular weight excluding hydrogens is 188 g/mol. The predicted molar refractivity (Wildman–Crippen MR) is 59.0 cm³/mol. The van der Waals surface area contributed by atoms with Gasteiger partial charge in [0, 0.05) is 5.02 Å². The highest BCUT2D eigenvalue weighted by molar-refractivity contribution is 7.80. The van der Waals surface area contributed by atoms with Crippen LogP contribution in [0.25, 0.3) is 6.08 Å². The molecular formula is C10H11ClS. The maximum atomic E-state index is 5.74. The Hall–Kier alpha value is -0.400. The third-order valence-electron chi connectivity index (χ3n) is 1.48. The van der Waals surface area contributed by atoms with E-state index in [4.69, 9.17) is 11.6 Å². The zero-order chi connectivity index (χ0) is 8.81. The molecule has 2 heteroatoms. The van der Waals surface area contributed by atoms with Crippen LogP contribution in [-0.2, 0) is 0 Å². The number of allylic oxidation sites excluding steroid dienone is 1. The van der Waals surface area contributed by atoms with E-state index in [2.05, 4.69) is 24.8 Å². The van der Waals surface area contributed by atoms with Crippen LogP contribution in [0.1, 0.15) is 12.0 Å². The van der Waals surface area contributed by atoms with Crippen LogP contribution in [0, 0.1) is 0 Å². The molecule has 1 aromatic carbocycles. The lowest BCUT2D eigenvalue weighted by Gasteiger charge is -1.92. The summed E-state index contributed by atoms with van der Waals surface area (Å²) < 4.78 is 0. The van der Waals surface area contributed by atoms with E-state index >= 15 is 0 Å². The number of thiol groups is 1. The molecule has 0 amide bonds. The summed E-state index contributed by atoms with van der Waals surface area (Å²) in [6.07, 6.45) is 5.19. The Morgan fingerprint density at radius 3 is 2.50 bits per heavy atom. The zero-order valence-electron chi connectivity index (χ0n) is 6.70. The van der Waals surface area contributed by atoms with E-state index in [9.17, 15) is 0 Å². The summed E-state index contributed by atoms with van der Waals surface area (Å²) in [5, 5.41) is 0.779. The standard InChI is InChI=1S/C10H11ClS/c11-10-6-4-9(5-7-10)3-1-2-8-12/h1,3-7,12H,2,8H2. The van der Waals surface area contributed by atoms with E-state index in [1.807, 2.05) is 24.3 Å².